The summed E-state index contributed by atoms with van der Waals surface area (Å²) in [6.45, 7) is 5.35. The van der Waals surface area contributed by atoms with Crippen molar-refractivity contribution in [2.45, 2.75) is 19.4 Å². The van der Waals surface area contributed by atoms with Gasteiger partial charge in [0, 0.05) is 6.42 Å². The summed E-state index contributed by atoms with van der Waals surface area (Å²) in [4.78, 5) is 10.8. The fourth-order valence-electron chi connectivity index (χ4n) is 1.27. The summed E-state index contributed by atoms with van der Waals surface area (Å²) in [5, 5.41) is 8.87. The second-order valence-electron chi connectivity index (χ2n) is 3.40. The number of hydrogen-bond donors (Lipinski definition) is 1. The van der Waals surface area contributed by atoms with Gasteiger partial charge >= 0.3 is 5.97 Å². The number of ether oxygens (including phenoxy) is 1. The molecule has 0 aromatic heterocycles. The van der Waals surface area contributed by atoms with Gasteiger partial charge in [-0.3, -0.25) is 0 Å². The number of hydrogen-bond acceptors (Lipinski definition) is 2. The molecule has 0 aliphatic rings. The van der Waals surface area contributed by atoms with Crippen LogP contribution in [-0.4, -0.2) is 17.2 Å². The normalized spacial score (nSPS) is 11.9. The summed E-state index contributed by atoms with van der Waals surface area (Å²) < 4.78 is 18.2. The molecule has 0 fully saturated rings. The lowest BCUT2D eigenvalue weighted by Crippen LogP contribution is -2.13. The minimum absolute atomic E-state index is 0.170. The number of carbonyl (C=O) groups is 1. The summed E-state index contributed by atoms with van der Waals surface area (Å²) in [7, 11) is 0. The summed E-state index contributed by atoms with van der Waals surface area (Å²) in [5.41, 5.74) is -0.170. The van der Waals surface area contributed by atoms with Gasteiger partial charge in [0.2, 0.25) is 0 Å². The molecule has 3 nitrogen and oxygen atoms in total. The average molecular weight is 224 g/mol. The van der Waals surface area contributed by atoms with Crippen molar-refractivity contribution in [3.8, 4) is 5.75 Å². The number of halogens is 1. The number of benzene rings is 1. The molecule has 1 aromatic rings. The van der Waals surface area contributed by atoms with Gasteiger partial charge in [-0.1, -0.05) is 6.08 Å². The lowest BCUT2D eigenvalue weighted by molar-refractivity contribution is 0.0689. The molecule has 86 valence electrons. The van der Waals surface area contributed by atoms with E-state index in [1.54, 1.807) is 13.0 Å². The molecule has 1 rings (SSSR count). The highest BCUT2D eigenvalue weighted by Gasteiger charge is 2.14. The third kappa shape index (κ3) is 3.08. The number of carboxylic acid groups (broad SMARTS) is 1. The third-order valence-electron chi connectivity index (χ3n) is 2.00. The van der Waals surface area contributed by atoms with E-state index in [0.717, 1.165) is 6.07 Å². The van der Waals surface area contributed by atoms with Crippen molar-refractivity contribution in [1.29, 1.82) is 0 Å². The van der Waals surface area contributed by atoms with E-state index >= 15 is 0 Å². The first-order valence-corrected chi connectivity index (χ1v) is 4.85. The average Bonchev–Trinajstić information content (AvgIpc) is 2.20. The van der Waals surface area contributed by atoms with Gasteiger partial charge in [-0.2, -0.15) is 0 Å². The van der Waals surface area contributed by atoms with Gasteiger partial charge in [-0.25, -0.2) is 9.18 Å². The van der Waals surface area contributed by atoms with E-state index in [2.05, 4.69) is 6.58 Å². The number of rotatable bonds is 5. The van der Waals surface area contributed by atoms with E-state index in [4.69, 9.17) is 9.84 Å². The Kier molecular flexibility index (Phi) is 4.05. The Morgan fingerprint density at radius 1 is 1.69 bits per heavy atom. The fourth-order valence-corrected chi connectivity index (χ4v) is 1.27. The molecule has 0 saturated heterocycles. The van der Waals surface area contributed by atoms with Gasteiger partial charge < -0.3 is 9.84 Å². The molecule has 0 heterocycles. The maximum Gasteiger partial charge on any atom is 0.339 e. The van der Waals surface area contributed by atoms with Gasteiger partial charge in [0.1, 0.15) is 17.1 Å². The second kappa shape index (κ2) is 5.30. The molecule has 1 atom stereocenters. The first-order valence-electron chi connectivity index (χ1n) is 4.85. The number of aromatic carboxylic acids is 1. The van der Waals surface area contributed by atoms with Crippen molar-refractivity contribution in [2.75, 3.05) is 0 Å². The van der Waals surface area contributed by atoms with Crippen LogP contribution in [0.5, 0.6) is 5.75 Å². The first kappa shape index (κ1) is 12.2. The Morgan fingerprint density at radius 3 is 2.94 bits per heavy atom. The van der Waals surface area contributed by atoms with Crippen molar-refractivity contribution < 1.29 is 19.0 Å². The van der Waals surface area contributed by atoms with Gasteiger partial charge in [0.05, 0.1) is 6.10 Å². The van der Waals surface area contributed by atoms with Crippen molar-refractivity contribution in [3.63, 3.8) is 0 Å². The van der Waals surface area contributed by atoms with Crippen LogP contribution in [0.4, 0.5) is 4.39 Å². The van der Waals surface area contributed by atoms with Crippen LogP contribution in [0, 0.1) is 5.82 Å². The fraction of sp³-hybridized carbons (Fsp3) is 0.250. The van der Waals surface area contributed by atoms with Gasteiger partial charge in [-0.15, -0.1) is 6.58 Å². The molecule has 0 saturated carbocycles. The zero-order valence-electron chi connectivity index (χ0n) is 8.94. The van der Waals surface area contributed by atoms with Crippen LogP contribution in [0.15, 0.2) is 30.9 Å². The van der Waals surface area contributed by atoms with Crippen molar-refractivity contribution in [1.82, 2.24) is 0 Å². The lowest BCUT2D eigenvalue weighted by Gasteiger charge is -2.14. The van der Waals surface area contributed by atoms with E-state index in [0.29, 0.717) is 6.42 Å². The van der Waals surface area contributed by atoms with Gasteiger partial charge in [-0.05, 0) is 25.1 Å². The summed E-state index contributed by atoms with van der Waals surface area (Å²) >= 11 is 0. The van der Waals surface area contributed by atoms with Crippen LogP contribution < -0.4 is 4.74 Å². The standard InChI is InChI=1S/C12H13FO3/c1-3-4-8(2)16-11-6-5-9(13)7-10(11)12(14)15/h3,5-8H,1,4H2,2H3,(H,14,15). The quantitative estimate of drug-likeness (QED) is 0.782. The van der Waals surface area contributed by atoms with Crippen LogP contribution in [0.3, 0.4) is 0 Å². The van der Waals surface area contributed by atoms with Gasteiger partial charge in [0.15, 0.2) is 0 Å². The first-order chi connectivity index (χ1) is 7.54. The molecule has 0 bridgehead atoms. The maximum atomic E-state index is 12.9. The third-order valence-corrected chi connectivity index (χ3v) is 2.00. The Labute approximate surface area is 93.2 Å². The molecule has 16 heavy (non-hydrogen) atoms. The van der Waals surface area contributed by atoms with E-state index in [9.17, 15) is 9.18 Å². The van der Waals surface area contributed by atoms with E-state index in [1.807, 2.05) is 0 Å². The highest BCUT2D eigenvalue weighted by Crippen LogP contribution is 2.21. The predicted molar refractivity (Wildman–Crippen MR) is 58.3 cm³/mol. The molecule has 0 radical (unpaired) electrons. The van der Waals surface area contributed by atoms with Crippen LogP contribution in [0.25, 0.3) is 0 Å². The lowest BCUT2D eigenvalue weighted by atomic mass is 10.2. The number of carboxylic acids is 1. The zero-order valence-corrected chi connectivity index (χ0v) is 8.94. The molecule has 0 spiro atoms. The van der Waals surface area contributed by atoms with Crippen LogP contribution >= 0.6 is 0 Å². The van der Waals surface area contributed by atoms with E-state index in [-0.39, 0.29) is 17.4 Å². The summed E-state index contributed by atoms with van der Waals surface area (Å²) in [6.07, 6.45) is 2.08. The monoisotopic (exact) mass is 224 g/mol. The predicted octanol–water partition coefficient (Wildman–Crippen LogP) is 2.87. The Morgan fingerprint density at radius 2 is 2.38 bits per heavy atom. The Balaban J connectivity index is 2.94. The van der Waals surface area contributed by atoms with Crippen molar-refractivity contribution in [2.24, 2.45) is 0 Å². The maximum absolute atomic E-state index is 12.9. The van der Waals surface area contributed by atoms with Crippen molar-refractivity contribution >= 4 is 5.97 Å². The molecule has 1 N–H and O–H groups in total. The van der Waals surface area contributed by atoms with E-state index < -0.39 is 11.8 Å². The van der Waals surface area contributed by atoms with E-state index in [1.165, 1.54) is 12.1 Å². The van der Waals surface area contributed by atoms with Crippen LogP contribution in [0.2, 0.25) is 0 Å². The zero-order chi connectivity index (χ0) is 12.1. The van der Waals surface area contributed by atoms with Gasteiger partial charge in [0.25, 0.3) is 0 Å². The SMILES string of the molecule is C=CCC(C)Oc1ccc(F)cc1C(=O)O. The highest BCUT2D eigenvalue weighted by atomic mass is 19.1. The van der Waals surface area contributed by atoms with Crippen molar-refractivity contribution in [3.05, 3.63) is 42.2 Å². The minimum atomic E-state index is -1.21. The molecule has 0 amide bonds. The minimum Gasteiger partial charge on any atom is -0.489 e. The molecule has 0 aliphatic carbocycles. The second-order valence-corrected chi connectivity index (χ2v) is 3.40. The Hall–Kier alpha value is -1.84. The Bertz CT molecular complexity index is 401. The van der Waals surface area contributed by atoms with Crippen LogP contribution in [-0.2, 0) is 0 Å². The largest absolute Gasteiger partial charge is 0.489 e. The smallest absolute Gasteiger partial charge is 0.339 e. The topological polar surface area (TPSA) is 46.5 Å². The molecular weight excluding hydrogens is 211 g/mol. The molecule has 1 unspecified atom stereocenters. The molecule has 0 aliphatic heterocycles. The molecular formula is C12H13FO3. The van der Waals surface area contributed by atoms with Crippen LogP contribution in [0.1, 0.15) is 23.7 Å². The summed E-state index contributed by atoms with van der Waals surface area (Å²) in [5.74, 6) is -1.63. The molecule has 4 heteroatoms. The molecule has 1 aromatic carbocycles. The summed E-state index contributed by atoms with van der Waals surface area (Å²) in [6, 6.07) is 3.43. The highest BCUT2D eigenvalue weighted by molar-refractivity contribution is 5.90.